The number of thiazole rings is 1. The summed E-state index contributed by atoms with van der Waals surface area (Å²) in [6.45, 7) is 2.24. The Bertz CT molecular complexity index is 569. The fourth-order valence-electron chi connectivity index (χ4n) is 1.96. The number of carbonyl (C=O) groups is 1. The topological polar surface area (TPSA) is 30.0 Å². The summed E-state index contributed by atoms with van der Waals surface area (Å²) in [6, 6.07) is 9.43. The van der Waals surface area contributed by atoms with Crippen LogP contribution in [-0.4, -0.2) is 10.8 Å². The van der Waals surface area contributed by atoms with E-state index in [2.05, 4.69) is 11.9 Å². The van der Waals surface area contributed by atoms with Crippen molar-refractivity contribution in [2.24, 2.45) is 0 Å². The van der Waals surface area contributed by atoms with Crippen LogP contribution in [0.2, 0.25) is 0 Å². The molecule has 0 atom stereocenters. The number of hydrogen-bond acceptors (Lipinski definition) is 3. The molecule has 0 radical (unpaired) electrons. The molecule has 92 valence electrons. The molecule has 0 spiro atoms. The van der Waals surface area contributed by atoms with Gasteiger partial charge < -0.3 is 0 Å². The van der Waals surface area contributed by atoms with Gasteiger partial charge in [0, 0.05) is 16.4 Å². The number of hydrogen-bond donors (Lipinski definition) is 0. The maximum Gasteiger partial charge on any atom is 0.168 e. The van der Waals surface area contributed by atoms with Crippen LogP contribution in [0.15, 0.2) is 35.7 Å². The second-order valence-corrected chi connectivity index (χ2v) is 6.03. The number of carbonyl (C=O) groups excluding carboxylic acids is 1. The van der Waals surface area contributed by atoms with Crippen LogP contribution >= 0.6 is 11.3 Å². The molecule has 1 aliphatic rings. The average Bonchev–Trinajstić information content (AvgIpc) is 2.97. The highest BCUT2D eigenvalue weighted by Gasteiger charge is 2.41. The fourth-order valence-corrected chi connectivity index (χ4v) is 3.00. The van der Waals surface area contributed by atoms with Crippen LogP contribution < -0.4 is 0 Å². The van der Waals surface area contributed by atoms with Crippen molar-refractivity contribution in [3.05, 3.63) is 52.0 Å². The lowest BCUT2D eigenvalue weighted by molar-refractivity contribution is 0.0992. The highest BCUT2D eigenvalue weighted by molar-refractivity contribution is 7.09. The maximum absolute atomic E-state index is 12.1. The average molecular weight is 257 g/mol. The SMILES string of the molecule is CC1(c2nc(CC(=O)c3ccccc3)cs2)CC1. The molecule has 1 aromatic heterocycles. The summed E-state index contributed by atoms with van der Waals surface area (Å²) in [4.78, 5) is 16.7. The summed E-state index contributed by atoms with van der Waals surface area (Å²) >= 11 is 1.69. The van der Waals surface area contributed by atoms with Gasteiger partial charge in [-0.15, -0.1) is 11.3 Å². The zero-order valence-electron chi connectivity index (χ0n) is 10.3. The molecular formula is C15H15NOS. The Balaban J connectivity index is 1.73. The van der Waals surface area contributed by atoms with Crippen LogP contribution in [0.25, 0.3) is 0 Å². The lowest BCUT2D eigenvalue weighted by atomic mass is 10.1. The predicted octanol–water partition coefficient (Wildman–Crippen LogP) is 3.62. The van der Waals surface area contributed by atoms with E-state index in [9.17, 15) is 4.79 Å². The minimum Gasteiger partial charge on any atom is -0.294 e. The summed E-state index contributed by atoms with van der Waals surface area (Å²) in [6.07, 6.45) is 2.87. The molecule has 18 heavy (non-hydrogen) atoms. The van der Waals surface area contributed by atoms with E-state index >= 15 is 0 Å². The molecule has 2 nitrogen and oxygen atoms in total. The first-order chi connectivity index (χ1) is 8.67. The van der Waals surface area contributed by atoms with Crippen LogP contribution in [0.4, 0.5) is 0 Å². The molecular weight excluding hydrogens is 242 g/mol. The summed E-state index contributed by atoms with van der Waals surface area (Å²) in [5.41, 5.74) is 1.99. The van der Waals surface area contributed by atoms with E-state index in [-0.39, 0.29) is 5.78 Å². The highest BCUT2D eigenvalue weighted by atomic mass is 32.1. The van der Waals surface area contributed by atoms with Crippen molar-refractivity contribution in [3.8, 4) is 0 Å². The van der Waals surface area contributed by atoms with Crippen molar-refractivity contribution in [2.45, 2.75) is 31.6 Å². The van der Waals surface area contributed by atoms with E-state index in [0.717, 1.165) is 11.3 Å². The zero-order valence-corrected chi connectivity index (χ0v) is 11.2. The smallest absolute Gasteiger partial charge is 0.168 e. The molecule has 3 heteroatoms. The van der Waals surface area contributed by atoms with Gasteiger partial charge in [0.2, 0.25) is 0 Å². The number of ketones is 1. The minimum absolute atomic E-state index is 0.147. The molecule has 1 saturated carbocycles. The summed E-state index contributed by atoms with van der Waals surface area (Å²) in [5, 5.41) is 3.22. The first-order valence-electron chi connectivity index (χ1n) is 6.20. The van der Waals surface area contributed by atoms with Gasteiger partial charge in [0.05, 0.1) is 17.1 Å². The van der Waals surface area contributed by atoms with Crippen molar-refractivity contribution in [1.29, 1.82) is 0 Å². The van der Waals surface area contributed by atoms with Gasteiger partial charge in [-0.1, -0.05) is 37.3 Å². The van der Waals surface area contributed by atoms with E-state index in [4.69, 9.17) is 0 Å². The van der Waals surface area contributed by atoms with Crippen LogP contribution in [0.3, 0.4) is 0 Å². The zero-order chi connectivity index (χ0) is 12.6. The second kappa shape index (κ2) is 4.32. The standard InChI is InChI=1S/C15H15NOS/c1-15(7-8-15)14-16-12(10-18-14)9-13(17)11-5-3-2-4-6-11/h2-6,10H,7-9H2,1H3. The molecule has 2 aromatic rings. The minimum atomic E-state index is 0.147. The summed E-state index contributed by atoms with van der Waals surface area (Å²) in [5.74, 6) is 0.147. The van der Waals surface area contributed by atoms with Crippen molar-refractivity contribution in [2.75, 3.05) is 0 Å². The third-order valence-corrected chi connectivity index (χ3v) is 4.70. The van der Waals surface area contributed by atoms with Crippen molar-refractivity contribution in [1.82, 2.24) is 4.98 Å². The van der Waals surface area contributed by atoms with Gasteiger partial charge in [-0.05, 0) is 12.8 Å². The van der Waals surface area contributed by atoms with E-state index in [1.54, 1.807) is 11.3 Å². The van der Waals surface area contributed by atoms with E-state index in [1.165, 1.54) is 17.8 Å². The Hall–Kier alpha value is -1.48. The van der Waals surface area contributed by atoms with E-state index in [1.807, 2.05) is 35.7 Å². The Morgan fingerprint density at radius 3 is 2.72 bits per heavy atom. The van der Waals surface area contributed by atoms with Gasteiger partial charge in [0.15, 0.2) is 5.78 Å². The number of nitrogens with zero attached hydrogens (tertiary/aromatic N) is 1. The van der Waals surface area contributed by atoms with Gasteiger partial charge in [-0.3, -0.25) is 4.79 Å². The first kappa shape index (κ1) is 11.6. The van der Waals surface area contributed by atoms with E-state index in [0.29, 0.717) is 11.8 Å². The Kier molecular flexibility index (Phi) is 2.78. The Morgan fingerprint density at radius 1 is 1.33 bits per heavy atom. The molecule has 0 bridgehead atoms. The molecule has 0 unspecified atom stereocenters. The second-order valence-electron chi connectivity index (χ2n) is 5.17. The van der Waals surface area contributed by atoms with Crippen LogP contribution in [-0.2, 0) is 11.8 Å². The molecule has 0 saturated heterocycles. The van der Waals surface area contributed by atoms with Gasteiger partial charge in [0.25, 0.3) is 0 Å². The van der Waals surface area contributed by atoms with Crippen molar-refractivity contribution < 1.29 is 4.79 Å². The molecule has 0 N–H and O–H groups in total. The fraction of sp³-hybridized carbons (Fsp3) is 0.333. The van der Waals surface area contributed by atoms with Crippen molar-refractivity contribution >= 4 is 17.1 Å². The lowest BCUT2D eigenvalue weighted by Crippen LogP contribution is -2.05. The number of rotatable bonds is 4. The predicted molar refractivity (Wildman–Crippen MR) is 73.2 cm³/mol. The lowest BCUT2D eigenvalue weighted by Gasteiger charge is -2.01. The normalized spacial score (nSPS) is 16.5. The van der Waals surface area contributed by atoms with E-state index < -0.39 is 0 Å². The summed E-state index contributed by atoms with van der Waals surface area (Å²) in [7, 11) is 0. The van der Waals surface area contributed by atoms with Crippen LogP contribution in [0.5, 0.6) is 0 Å². The molecule has 0 amide bonds. The number of aromatic nitrogens is 1. The monoisotopic (exact) mass is 257 g/mol. The van der Waals surface area contributed by atoms with Crippen molar-refractivity contribution in [3.63, 3.8) is 0 Å². The largest absolute Gasteiger partial charge is 0.294 e. The number of benzene rings is 1. The highest BCUT2D eigenvalue weighted by Crippen LogP contribution is 2.48. The van der Waals surface area contributed by atoms with Gasteiger partial charge in [-0.25, -0.2) is 4.98 Å². The van der Waals surface area contributed by atoms with Gasteiger partial charge >= 0.3 is 0 Å². The third-order valence-electron chi connectivity index (χ3n) is 3.51. The van der Waals surface area contributed by atoms with Crippen LogP contribution in [0.1, 0.15) is 40.8 Å². The Labute approximate surface area is 111 Å². The quantitative estimate of drug-likeness (QED) is 0.783. The first-order valence-corrected chi connectivity index (χ1v) is 7.08. The third kappa shape index (κ3) is 2.23. The molecule has 1 heterocycles. The van der Waals surface area contributed by atoms with Crippen LogP contribution in [0, 0.1) is 0 Å². The molecule has 1 aromatic carbocycles. The molecule has 3 rings (SSSR count). The maximum atomic E-state index is 12.1. The van der Waals surface area contributed by atoms with Gasteiger partial charge in [-0.2, -0.15) is 0 Å². The molecule has 0 aliphatic heterocycles. The Morgan fingerprint density at radius 2 is 2.06 bits per heavy atom. The van der Waals surface area contributed by atoms with Gasteiger partial charge in [0.1, 0.15) is 0 Å². The number of Topliss-reactive ketones (excluding diaryl/α,β-unsaturated/α-hetero) is 1. The molecule has 1 aliphatic carbocycles. The summed E-state index contributed by atoms with van der Waals surface area (Å²) < 4.78 is 0. The molecule has 1 fully saturated rings.